The van der Waals surface area contributed by atoms with Crippen LogP contribution in [0.4, 0.5) is 0 Å². The molecule has 30 heavy (non-hydrogen) atoms. The van der Waals surface area contributed by atoms with Crippen molar-refractivity contribution in [1.82, 2.24) is 10.2 Å². The van der Waals surface area contributed by atoms with Crippen molar-refractivity contribution in [2.75, 3.05) is 13.2 Å². The number of carbonyl (C=O) groups excluding carboxylic acids is 3. The predicted molar refractivity (Wildman–Crippen MR) is 116 cm³/mol. The van der Waals surface area contributed by atoms with E-state index < -0.39 is 33.2 Å². The second-order valence-corrected chi connectivity index (χ2v) is 11.7. The second-order valence-electron chi connectivity index (χ2n) is 7.44. The number of rotatable bonds is 7. The highest BCUT2D eigenvalue weighted by Gasteiger charge is 2.64. The van der Waals surface area contributed by atoms with Crippen molar-refractivity contribution < 1.29 is 23.9 Å². The van der Waals surface area contributed by atoms with Crippen LogP contribution >= 0.6 is 46.6 Å². The summed E-state index contributed by atoms with van der Waals surface area (Å²) in [5.74, 6) is -0.618. The number of hydrogen-bond donors (Lipinski definition) is 1. The van der Waals surface area contributed by atoms with E-state index in [1.54, 1.807) is 12.1 Å². The lowest BCUT2D eigenvalue weighted by Crippen LogP contribution is -2.70. The van der Waals surface area contributed by atoms with Gasteiger partial charge in [0.15, 0.2) is 0 Å². The third kappa shape index (κ3) is 5.28. The lowest BCUT2D eigenvalue weighted by Gasteiger charge is -2.44. The third-order valence-electron chi connectivity index (χ3n) is 4.70. The number of nitrogens with zero attached hydrogens (tertiary/aromatic N) is 1. The largest absolute Gasteiger partial charge is 0.493 e. The molecule has 1 aromatic carbocycles. The molecule has 2 heterocycles. The van der Waals surface area contributed by atoms with Gasteiger partial charge in [-0.05, 0) is 26.0 Å². The molecule has 164 valence electrons. The molecule has 0 spiro atoms. The Morgan fingerprint density at radius 3 is 2.53 bits per heavy atom. The molecule has 0 radical (unpaired) electrons. The van der Waals surface area contributed by atoms with Crippen LogP contribution < -0.4 is 10.1 Å². The van der Waals surface area contributed by atoms with Crippen LogP contribution in [0.15, 0.2) is 30.3 Å². The number of para-hydroxylation sites is 1. The number of alkyl halides is 3. The number of amides is 2. The number of benzene rings is 1. The summed E-state index contributed by atoms with van der Waals surface area (Å²) in [6.45, 7) is 3.44. The first-order valence-electron chi connectivity index (χ1n) is 9.20. The molecule has 11 heteroatoms. The van der Waals surface area contributed by atoms with Crippen molar-refractivity contribution in [3.8, 4) is 5.75 Å². The summed E-state index contributed by atoms with van der Waals surface area (Å²) in [5.41, 5.74) is 0. The van der Waals surface area contributed by atoms with Gasteiger partial charge in [0.1, 0.15) is 29.8 Å². The Kier molecular flexibility index (Phi) is 7.01. The highest BCUT2D eigenvalue weighted by Crippen LogP contribution is 2.51. The lowest BCUT2D eigenvalue weighted by atomic mass is 9.96. The fourth-order valence-electron chi connectivity index (χ4n) is 3.38. The van der Waals surface area contributed by atoms with Gasteiger partial charge in [-0.15, -0.1) is 11.8 Å². The van der Waals surface area contributed by atoms with Gasteiger partial charge < -0.3 is 19.7 Å². The van der Waals surface area contributed by atoms with E-state index in [0.717, 1.165) is 0 Å². The molecular formula is C19H21Cl3N2O5S. The Bertz CT molecular complexity index is 818. The fourth-order valence-corrected chi connectivity index (χ4v) is 5.17. The lowest BCUT2D eigenvalue weighted by molar-refractivity contribution is -0.164. The normalized spacial score (nSPS) is 24.6. The minimum atomic E-state index is -1.73. The first-order chi connectivity index (χ1) is 14.0. The Hall–Kier alpha value is -1.35. The van der Waals surface area contributed by atoms with Gasteiger partial charge in [0.2, 0.25) is 15.6 Å². The third-order valence-corrected chi connectivity index (χ3v) is 6.60. The molecule has 2 unspecified atom stereocenters. The maximum atomic E-state index is 12.7. The summed E-state index contributed by atoms with van der Waals surface area (Å²) < 4.78 is 8.24. The molecule has 7 nitrogen and oxygen atoms in total. The Morgan fingerprint density at radius 1 is 1.23 bits per heavy atom. The average Bonchev–Trinajstić information content (AvgIpc) is 2.92. The quantitative estimate of drug-likeness (QED) is 0.356. The summed E-state index contributed by atoms with van der Waals surface area (Å²) in [7, 11) is 0. The summed E-state index contributed by atoms with van der Waals surface area (Å²) in [6, 6.07) is 7.60. The Morgan fingerprint density at radius 2 is 1.90 bits per heavy atom. The molecule has 1 N–H and O–H groups in total. The van der Waals surface area contributed by atoms with E-state index >= 15 is 0 Å². The standard InChI is InChI=1S/C19H21Cl3N2O5S/c1-18(2)14(17(27)29-10-19(20,21)22)24-15(26)13(16(24)30-18)23-12(25)8-9-28-11-6-4-3-5-7-11/h3-7,13-14,16H,8-10H2,1-2H3,(H,23,25)/t13?,14?,16-/m0/s1. The van der Waals surface area contributed by atoms with Crippen molar-refractivity contribution in [2.45, 2.75) is 46.3 Å². The zero-order valence-corrected chi connectivity index (χ0v) is 19.4. The SMILES string of the molecule is CC1(C)S[C@H]2C(NC(=O)CCOc3ccccc3)C(=O)N2C1C(=O)OCC(Cl)(Cl)Cl. The molecule has 3 rings (SSSR count). The Balaban J connectivity index is 1.53. The number of halogens is 3. The molecule has 0 aliphatic carbocycles. The molecule has 2 fully saturated rings. The number of carbonyl (C=O) groups is 3. The molecular weight excluding hydrogens is 475 g/mol. The summed E-state index contributed by atoms with van der Waals surface area (Å²) >= 11 is 18.3. The molecule has 0 bridgehead atoms. The second kappa shape index (κ2) is 9.02. The minimum Gasteiger partial charge on any atom is -0.493 e. The van der Waals surface area contributed by atoms with Gasteiger partial charge in [-0.1, -0.05) is 53.0 Å². The maximum absolute atomic E-state index is 12.7. The van der Waals surface area contributed by atoms with Crippen LogP contribution in [-0.2, 0) is 19.1 Å². The summed E-state index contributed by atoms with van der Waals surface area (Å²) in [6.07, 6.45) is 0.105. The number of β-lactam (4-membered cyclic amide) rings is 1. The van der Waals surface area contributed by atoms with Crippen molar-refractivity contribution >= 4 is 64.3 Å². The van der Waals surface area contributed by atoms with Gasteiger partial charge in [0, 0.05) is 4.75 Å². The smallest absolute Gasteiger partial charge is 0.330 e. The van der Waals surface area contributed by atoms with E-state index in [2.05, 4.69) is 5.32 Å². The maximum Gasteiger partial charge on any atom is 0.330 e. The van der Waals surface area contributed by atoms with Crippen LogP contribution in [0.3, 0.4) is 0 Å². The van der Waals surface area contributed by atoms with Gasteiger partial charge in [-0.2, -0.15) is 0 Å². The zero-order valence-electron chi connectivity index (χ0n) is 16.3. The molecule has 2 saturated heterocycles. The summed E-state index contributed by atoms with van der Waals surface area (Å²) in [4.78, 5) is 38.9. The van der Waals surface area contributed by atoms with Crippen LogP contribution in [0.25, 0.3) is 0 Å². The van der Waals surface area contributed by atoms with Gasteiger partial charge in [-0.3, -0.25) is 9.59 Å². The van der Waals surface area contributed by atoms with Crippen molar-refractivity contribution in [1.29, 1.82) is 0 Å². The highest BCUT2D eigenvalue weighted by molar-refractivity contribution is 8.01. The van der Waals surface area contributed by atoms with E-state index in [1.165, 1.54) is 16.7 Å². The van der Waals surface area contributed by atoms with E-state index in [4.69, 9.17) is 44.3 Å². The number of ether oxygens (including phenoxy) is 2. The van der Waals surface area contributed by atoms with Gasteiger partial charge in [0.25, 0.3) is 0 Å². The molecule has 2 aliphatic rings. The number of hydrogen-bond acceptors (Lipinski definition) is 6. The van der Waals surface area contributed by atoms with Crippen LogP contribution in [-0.4, -0.2) is 61.9 Å². The number of fused-ring (bicyclic) bond motifs is 1. The number of esters is 1. The average molecular weight is 496 g/mol. The fraction of sp³-hybridized carbons (Fsp3) is 0.526. The molecule has 0 saturated carbocycles. The molecule has 2 amide bonds. The van der Waals surface area contributed by atoms with Gasteiger partial charge in [0.05, 0.1) is 13.0 Å². The minimum absolute atomic E-state index is 0.105. The van der Waals surface area contributed by atoms with E-state index in [9.17, 15) is 14.4 Å². The molecule has 3 atom stereocenters. The number of nitrogens with one attached hydrogen (secondary N) is 1. The Labute approximate surface area is 193 Å². The monoisotopic (exact) mass is 494 g/mol. The topological polar surface area (TPSA) is 84.9 Å². The van der Waals surface area contributed by atoms with Crippen LogP contribution in [0.2, 0.25) is 0 Å². The first kappa shape index (κ1) is 23.3. The van der Waals surface area contributed by atoms with E-state index in [1.807, 2.05) is 32.0 Å². The first-order valence-corrected chi connectivity index (χ1v) is 11.2. The zero-order chi connectivity index (χ0) is 22.1. The molecule has 0 aromatic heterocycles. The van der Waals surface area contributed by atoms with Crippen molar-refractivity contribution in [2.24, 2.45) is 0 Å². The van der Waals surface area contributed by atoms with Crippen LogP contribution in [0, 0.1) is 0 Å². The van der Waals surface area contributed by atoms with E-state index in [0.29, 0.717) is 5.75 Å². The highest BCUT2D eigenvalue weighted by atomic mass is 35.6. The van der Waals surface area contributed by atoms with Crippen molar-refractivity contribution in [3.63, 3.8) is 0 Å². The summed E-state index contributed by atoms with van der Waals surface area (Å²) in [5, 5.41) is 2.37. The van der Waals surface area contributed by atoms with Crippen LogP contribution in [0.1, 0.15) is 20.3 Å². The number of thioether (sulfide) groups is 1. The van der Waals surface area contributed by atoms with E-state index in [-0.39, 0.29) is 30.2 Å². The van der Waals surface area contributed by atoms with Crippen molar-refractivity contribution in [3.05, 3.63) is 30.3 Å². The predicted octanol–water partition coefficient (Wildman–Crippen LogP) is 2.92. The van der Waals surface area contributed by atoms with Crippen LogP contribution in [0.5, 0.6) is 5.75 Å². The van der Waals surface area contributed by atoms with Gasteiger partial charge in [-0.25, -0.2) is 4.79 Å². The van der Waals surface area contributed by atoms with Gasteiger partial charge >= 0.3 is 5.97 Å². The molecule has 1 aromatic rings. The molecule has 2 aliphatic heterocycles.